The second-order valence-electron chi connectivity index (χ2n) is 7.61. The van der Waals surface area contributed by atoms with Gasteiger partial charge >= 0.3 is 6.09 Å². The number of ether oxygens (including phenoxy) is 1. The number of nitrogens with one attached hydrogen (secondary N) is 1. The Bertz CT molecular complexity index is 1100. The first-order valence-corrected chi connectivity index (χ1v) is 11.2. The molecule has 0 radical (unpaired) electrons. The average Bonchev–Trinajstić information content (AvgIpc) is 2.79. The molecule has 4 rings (SSSR count). The van der Waals surface area contributed by atoms with Gasteiger partial charge < -0.3 is 10.1 Å². The Labute approximate surface area is 195 Å². The maximum Gasteiger partial charge on any atom is 0.411 e. The Morgan fingerprint density at radius 3 is 2.48 bits per heavy atom. The Morgan fingerprint density at radius 1 is 1.03 bits per heavy atom. The molecule has 3 aromatic carbocycles. The van der Waals surface area contributed by atoms with Crippen LogP contribution in [0.2, 0.25) is 0 Å². The zero-order valence-electron chi connectivity index (χ0n) is 17.2. The quantitative estimate of drug-likeness (QED) is 0.470. The second-order valence-corrected chi connectivity index (χ2v) is 8.85. The average molecular weight is 526 g/mol. The number of nitrogens with zero attached hydrogens (tertiary/aromatic N) is 1. The van der Waals surface area contributed by atoms with Crippen LogP contribution < -0.4 is 5.32 Å². The van der Waals surface area contributed by atoms with Crippen molar-refractivity contribution in [3.8, 4) is 0 Å². The highest BCUT2D eigenvalue weighted by atomic mass is 127. The van der Waals surface area contributed by atoms with E-state index in [1.54, 1.807) is 0 Å². The summed E-state index contributed by atoms with van der Waals surface area (Å²) in [5.41, 5.74) is 4.75. The van der Waals surface area contributed by atoms with Crippen LogP contribution in [0, 0.1) is 10.5 Å². The zero-order valence-corrected chi connectivity index (χ0v) is 19.3. The van der Waals surface area contributed by atoms with Crippen LogP contribution in [0.5, 0.6) is 0 Å². The number of aryl methyl sites for hydroxylation is 1. The third-order valence-corrected chi connectivity index (χ3v) is 6.11. The lowest BCUT2D eigenvalue weighted by atomic mass is 9.93. The van der Waals surface area contributed by atoms with Gasteiger partial charge in [-0.15, -0.1) is 0 Å². The van der Waals surface area contributed by atoms with E-state index in [9.17, 15) is 9.59 Å². The third-order valence-electron chi connectivity index (χ3n) is 5.44. The first kappa shape index (κ1) is 21.4. The molecule has 158 valence electrons. The number of rotatable bonds is 4. The van der Waals surface area contributed by atoms with Gasteiger partial charge in [0.1, 0.15) is 12.6 Å². The van der Waals surface area contributed by atoms with E-state index >= 15 is 0 Å². The van der Waals surface area contributed by atoms with Gasteiger partial charge in [0.25, 0.3) is 0 Å². The van der Waals surface area contributed by atoms with Crippen LogP contribution >= 0.6 is 22.6 Å². The Hall–Kier alpha value is -2.87. The van der Waals surface area contributed by atoms with Crippen LogP contribution in [-0.2, 0) is 29.1 Å². The number of carbonyl (C=O) groups excluding carboxylic acids is 2. The highest BCUT2D eigenvalue weighted by Crippen LogP contribution is 2.26. The molecule has 2 amide bonds. The van der Waals surface area contributed by atoms with Gasteiger partial charge in [-0.25, -0.2) is 4.79 Å². The van der Waals surface area contributed by atoms with Gasteiger partial charge in [0, 0.05) is 15.7 Å². The predicted molar refractivity (Wildman–Crippen MR) is 129 cm³/mol. The van der Waals surface area contributed by atoms with Crippen LogP contribution in [0.4, 0.5) is 10.5 Å². The van der Waals surface area contributed by atoms with E-state index in [4.69, 9.17) is 4.74 Å². The molecule has 1 atom stereocenters. The second kappa shape index (κ2) is 9.51. The maximum atomic E-state index is 13.2. The standard InChI is InChI=1S/C25H23IN2O3/c1-17-13-21(26)11-12-22(17)27-24(29)23-14-19-9-5-6-10-20(19)15-28(23)25(30)31-16-18-7-3-2-4-8-18/h2-13,23H,14-16H2,1H3,(H,27,29). The SMILES string of the molecule is Cc1cc(I)ccc1NC(=O)C1Cc2ccccc2CN1C(=O)OCc1ccccc1. The summed E-state index contributed by atoms with van der Waals surface area (Å²) in [4.78, 5) is 27.8. The summed E-state index contributed by atoms with van der Waals surface area (Å²) in [6.45, 7) is 2.47. The molecule has 6 heteroatoms. The lowest BCUT2D eigenvalue weighted by Crippen LogP contribution is -2.50. The zero-order chi connectivity index (χ0) is 21.8. The first-order chi connectivity index (χ1) is 15.0. The summed E-state index contributed by atoms with van der Waals surface area (Å²) in [7, 11) is 0. The summed E-state index contributed by atoms with van der Waals surface area (Å²) in [6, 6.07) is 22.7. The van der Waals surface area contributed by atoms with Crippen molar-refractivity contribution in [2.24, 2.45) is 0 Å². The molecular formula is C25H23IN2O3. The highest BCUT2D eigenvalue weighted by Gasteiger charge is 2.35. The fourth-order valence-corrected chi connectivity index (χ4v) is 4.38. The molecule has 1 heterocycles. The summed E-state index contributed by atoms with van der Waals surface area (Å²) in [5, 5.41) is 3.00. The molecule has 31 heavy (non-hydrogen) atoms. The predicted octanol–water partition coefficient (Wildman–Crippen LogP) is 5.30. The molecule has 1 unspecified atom stereocenters. The number of fused-ring (bicyclic) bond motifs is 1. The Kier molecular flexibility index (Phi) is 6.56. The Morgan fingerprint density at radius 2 is 1.74 bits per heavy atom. The molecule has 0 bridgehead atoms. The summed E-state index contributed by atoms with van der Waals surface area (Å²) >= 11 is 2.24. The molecule has 0 saturated carbocycles. The van der Waals surface area contributed by atoms with E-state index in [1.807, 2.05) is 79.7 Å². The number of halogens is 1. The normalized spacial score (nSPS) is 15.2. The molecule has 0 fully saturated rings. The molecule has 3 aromatic rings. The van der Waals surface area contributed by atoms with Crippen molar-refractivity contribution >= 4 is 40.3 Å². The lowest BCUT2D eigenvalue weighted by Gasteiger charge is -2.35. The molecule has 0 aliphatic carbocycles. The number of hydrogen-bond acceptors (Lipinski definition) is 3. The molecule has 1 aliphatic heterocycles. The van der Waals surface area contributed by atoms with E-state index < -0.39 is 12.1 Å². The van der Waals surface area contributed by atoms with E-state index in [2.05, 4.69) is 27.9 Å². The number of benzene rings is 3. The molecule has 0 aromatic heterocycles. The van der Waals surface area contributed by atoms with Crippen molar-refractivity contribution in [3.63, 3.8) is 0 Å². The van der Waals surface area contributed by atoms with Gasteiger partial charge in [-0.05, 0) is 70.0 Å². The maximum absolute atomic E-state index is 13.2. The van der Waals surface area contributed by atoms with Gasteiger partial charge in [-0.1, -0.05) is 54.6 Å². The van der Waals surface area contributed by atoms with E-state index in [0.717, 1.165) is 31.5 Å². The van der Waals surface area contributed by atoms with E-state index in [1.165, 1.54) is 4.90 Å². The smallest absolute Gasteiger partial charge is 0.411 e. The van der Waals surface area contributed by atoms with E-state index in [-0.39, 0.29) is 12.5 Å². The van der Waals surface area contributed by atoms with Crippen LogP contribution in [0.1, 0.15) is 22.3 Å². The minimum absolute atomic E-state index is 0.169. The Balaban J connectivity index is 1.54. The van der Waals surface area contributed by atoms with Crippen LogP contribution in [0.25, 0.3) is 0 Å². The molecule has 1 N–H and O–H groups in total. The largest absolute Gasteiger partial charge is 0.445 e. The minimum atomic E-state index is -0.642. The number of hydrogen-bond donors (Lipinski definition) is 1. The van der Waals surface area contributed by atoms with Crippen molar-refractivity contribution in [1.82, 2.24) is 4.90 Å². The van der Waals surface area contributed by atoms with Crippen molar-refractivity contribution < 1.29 is 14.3 Å². The monoisotopic (exact) mass is 526 g/mol. The van der Waals surface area contributed by atoms with Crippen molar-refractivity contribution in [2.45, 2.75) is 32.5 Å². The fourth-order valence-electron chi connectivity index (χ4n) is 3.73. The molecule has 1 aliphatic rings. The van der Waals surface area contributed by atoms with Crippen LogP contribution in [0.3, 0.4) is 0 Å². The molecular weight excluding hydrogens is 503 g/mol. The van der Waals surface area contributed by atoms with Gasteiger partial charge in [0.15, 0.2) is 0 Å². The van der Waals surface area contributed by atoms with Gasteiger partial charge in [0.2, 0.25) is 5.91 Å². The van der Waals surface area contributed by atoms with Gasteiger partial charge in [0.05, 0.1) is 6.54 Å². The summed E-state index contributed by atoms with van der Waals surface area (Å²) < 4.78 is 6.66. The summed E-state index contributed by atoms with van der Waals surface area (Å²) in [6.07, 6.45) is -0.0379. The number of carbonyl (C=O) groups is 2. The fraction of sp³-hybridized carbons (Fsp3) is 0.200. The lowest BCUT2D eigenvalue weighted by molar-refractivity contribution is -0.121. The minimum Gasteiger partial charge on any atom is -0.445 e. The summed E-state index contributed by atoms with van der Waals surface area (Å²) in [5.74, 6) is -0.213. The van der Waals surface area contributed by atoms with Crippen molar-refractivity contribution in [1.29, 1.82) is 0 Å². The molecule has 5 nitrogen and oxygen atoms in total. The number of anilines is 1. The number of amides is 2. The van der Waals surface area contributed by atoms with Crippen molar-refractivity contribution in [2.75, 3.05) is 5.32 Å². The molecule has 0 spiro atoms. The van der Waals surface area contributed by atoms with Gasteiger partial charge in [-0.3, -0.25) is 9.69 Å². The molecule has 0 saturated heterocycles. The third kappa shape index (κ3) is 5.07. The van der Waals surface area contributed by atoms with Gasteiger partial charge in [-0.2, -0.15) is 0 Å². The van der Waals surface area contributed by atoms with Crippen LogP contribution in [0.15, 0.2) is 72.8 Å². The van der Waals surface area contributed by atoms with Crippen LogP contribution in [-0.4, -0.2) is 22.9 Å². The topological polar surface area (TPSA) is 58.6 Å². The van der Waals surface area contributed by atoms with E-state index in [0.29, 0.717) is 13.0 Å². The first-order valence-electron chi connectivity index (χ1n) is 10.1. The van der Waals surface area contributed by atoms with Crippen molar-refractivity contribution in [3.05, 3.63) is 98.6 Å². The highest BCUT2D eigenvalue weighted by molar-refractivity contribution is 14.1.